The number of nitrogens with zero attached hydrogens (tertiary/aromatic N) is 3. The molecule has 2 amide bonds. The summed E-state index contributed by atoms with van der Waals surface area (Å²) in [6.07, 6.45) is 3.55. The highest BCUT2D eigenvalue weighted by molar-refractivity contribution is 7.10. The molecule has 1 aromatic heterocycles. The fourth-order valence-electron chi connectivity index (χ4n) is 1.40. The van der Waals surface area contributed by atoms with Gasteiger partial charge in [0.2, 0.25) is 0 Å². The Morgan fingerprint density at radius 2 is 2.35 bits per heavy atom. The van der Waals surface area contributed by atoms with Crippen molar-refractivity contribution in [2.45, 2.75) is 12.8 Å². The molecule has 8 heteroatoms. The Balaban J connectivity index is 1.93. The van der Waals surface area contributed by atoms with Crippen LogP contribution >= 0.6 is 11.5 Å². The Hall–Kier alpha value is -1.70. The van der Waals surface area contributed by atoms with Crippen molar-refractivity contribution >= 4 is 28.5 Å². The number of carbonyl (C=O) groups excluding carboxylic acids is 1. The van der Waals surface area contributed by atoms with Crippen LogP contribution in [0.3, 0.4) is 0 Å². The minimum absolute atomic E-state index is 0.283. The van der Waals surface area contributed by atoms with Crippen LogP contribution in [0.5, 0.6) is 0 Å². The summed E-state index contributed by atoms with van der Waals surface area (Å²) < 4.78 is 3.61. The van der Waals surface area contributed by atoms with Gasteiger partial charge in [0, 0.05) is 18.1 Å². The fraction of sp³-hybridized carbons (Fsp3) is 0.556. The van der Waals surface area contributed by atoms with Crippen LogP contribution in [0.15, 0.2) is 6.20 Å². The first-order chi connectivity index (χ1) is 8.15. The van der Waals surface area contributed by atoms with Crippen LogP contribution in [-0.2, 0) is 4.79 Å². The first kappa shape index (κ1) is 11.8. The fourth-order valence-corrected chi connectivity index (χ4v) is 1.81. The summed E-state index contributed by atoms with van der Waals surface area (Å²) in [5.74, 6) is -0.567. The number of nitrogens with one attached hydrogen (secondary N) is 1. The third kappa shape index (κ3) is 3.66. The van der Waals surface area contributed by atoms with E-state index in [9.17, 15) is 9.59 Å². The van der Waals surface area contributed by atoms with Crippen LogP contribution < -0.4 is 5.32 Å². The van der Waals surface area contributed by atoms with Gasteiger partial charge in [-0.15, -0.1) is 5.10 Å². The third-order valence-electron chi connectivity index (χ3n) is 2.38. The Kier molecular flexibility index (Phi) is 3.52. The highest BCUT2D eigenvalue weighted by Crippen LogP contribution is 2.29. The topological polar surface area (TPSA) is 95.4 Å². The number of carbonyl (C=O) groups is 2. The van der Waals surface area contributed by atoms with Gasteiger partial charge < -0.3 is 10.0 Å². The molecule has 17 heavy (non-hydrogen) atoms. The highest BCUT2D eigenvalue weighted by atomic mass is 32.1. The SMILES string of the molecule is O=C(O)CN(CC1CC1)C(=O)Nc1cnns1. The van der Waals surface area contributed by atoms with Crippen LogP contribution in [-0.4, -0.2) is 44.7 Å². The van der Waals surface area contributed by atoms with Crippen molar-refractivity contribution in [2.75, 3.05) is 18.4 Å². The van der Waals surface area contributed by atoms with Crippen molar-refractivity contribution < 1.29 is 14.7 Å². The monoisotopic (exact) mass is 256 g/mol. The van der Waals surface area contributed by atoms with Gasteiger partial charge in [0.05, 0.1) is 6.20 Å². The highest BCUT2D eigenvalue weighted by Gasteiger charge is 2.28. The van der Waals surface area contributed by atoms with Crippen LogP contribution in [0.2, 0.25) is 0 Å². The largest absolute Gasteiger partial charge is 0.480 e. The van der Waals surface area contributed by atoms with Crippen molar-refractivity contribution in [1.29, 1.82) is 0 Å². The van der Waals surface area contributed by atoms with Crippen molar-refractivity contribution in [1.82, 2.24) is 14.5 Å². The number of rotatable bonds is 5. The van der Waals surface area contributed by atoms with E-state index in [-0.39, 0.29) is 6.54 Å². The van der Waals surface area contributed by atoms with Crippen molar-refractivity contribution in [2.24, 2.45) is 5.92 Å². The number of anilines is 1. The predicted octanol–water partition coefficient (Wildman–Crippen LogP) is 0.867. The third-order valence-corrected chi connectivity index (χ3v) is 2.96. The van der Waals surface area contributed by atoms with Crippen LogP contribution in [0.4, 0.5) is 9.80 Å². The zero-order valence-corrected chi connectivity index (χ0v) is 9.81. The van der Waals surface area contributed by atoms with Crippen molar-refractivity contribution in [3.05, 3.63) is 6.20 Å². The molecule has 2 N–H and O–H groups in total. The van der Waals surface area contributed by atoms with E-state index in [0.29, 0.717) is 17.5 Å². The summed E-state index contributed by atoms with van der Waals surface area (Å²) in [6.45, 7) is 0.207. The molecule has 7 nitrogen and oxygen atoms in total. The molecular weight excluding hydrogens is 244 g/mol. The quantitative estimate of drug-likeness (QED) is 0.814. The second-order valence-electron chi connectivity index (χ2n) is 3.93. The molecule has 92 valence electrons. The van der Waals surface area contributed by atoms with E-state index in [1.165, 1.54) is 11.1 Å². The molecule has 0 saturated heterocycles. The van der Waals surface area contributed by atoms with Gasteiger partial charge in [0.1, 0.15) is 11.5 Å². The lowest BCUT2D eigenvalue weighted by Crippen LogP contribution is -2.39. The summed E-state index contributed by atoms with van der Waals surface area (Å²) in [7, 11) is 0. The number of aromatic nitrogens is 2. The molecule has 0 bridgehead atoms. The van der Waals surface area contributed by atoms with E-state index in [2.05, 4.69) is 14.9 Å². The maximum absolute atomic E-state index is 11.8. The van der Waals surface area contributed by atoms with Crippen LogP contribution in [0, 0.1) is 5.92 Å². The summed E-state index contributed by atoms with van der Waals surface area (Å²) in [5, 5.41) is 15.4. The molecule has 1 aliphatic carbocycles. The van der Waals surface area contributed by atoms with E-state index in [1.54, 1.807) is 0 Å². The predicted molar refractivity (Wildman–Crippen MR) is 60.9 cm³/mol. The normalized spacial score (nSPS) is 14.4. The van der Waals surface area contributed by atoms with E-state index in [1.807, 2.05) is 0 Å². The average Bonchev–Trinajstić information content (AvgIpc) is 2.92. The number of urea groups is 1. The van der Waals surface area contributed by atoms with Crippen molar-refractivity contribution in [3.8, 4) is 0 Å². The van der Waals surface area contributed by atoms with Gasteiger partial charge in [0.15, 0.2) is 0 Å². The van der Waals surface area contributed by atoms with Crippen LogP contribution in [0.1, 0.15) is 12.8 Å². The second kappa shape index (κ2) is 5.09. The number of aliphatic carboxylic acids is 1. The van der Waals surface area contributed by atoms with Gasteiger partial charge >= 0.3 is 12.0 Å². The van der Waals surface area contributed by atoms with Gasteiger partial charge in [-0.1, -0.05) is 4.49 Å². The molecule has 1 aliphatic rings. The Morgan fingerprint density at radius 3 is 2.88 bits per heavy atom. The molecule has 0 spiro atoms. The Labute approximate surface area is 102 Å². The lowest BCUT2D eigenvalue weighted by Gasteiger charge is -2.20. The number of carboxylic acid groups (broad SMARTS) is 1. The van der Waals surface area contributed by atoms with Crippen LogP contribution in [0.25, 0.3) is 0 Å². The summed E-state index contributed by atoms with van der Waals surface area (Å²) in [5.41, 5.74) is 0. The van der Waals surface area contributed by atoms with E-state index in [0.717, 1.165) is 24.4 Å². The summed E-state index contributed by atoms with van der Waals surface area (Å²) in [4.78, 5) is 23.8. The Morgan fingerprint density at radius 1 is 1.59 bits per heavy atom. The molecule has 1 aromatic rings. The molecule has 0 radical (unpaired) electrons. The average molecular weight is 256 g/mol. The number of hydrogen-bond acceptors (Lipinski definition) is 5. The van der Waals surface area contributed by atoms with Gasteiger partial charge in [-0.25, -0.2) is 4.79 Å². The van der Waals surface area contributed by atoms with Gasteiger partial charge in [-0.2, -0.15) is 0 Å². The smallest absolute Gasteiger partial charge is 0.323 e. The minimum atomic E-state index is -1.01. The standard InChI is InChI=1S/C9H12N4O3S/c14-8(15)5-13(4-6-1-2-6)9(16)11-7-3-10-12-17-7/h3,6H,1-2,4-5H2,(H,11,16)(H,14,15). The number of hydrogen-bond donors (Lipinski definition) is 2. The maximum Gasteiger partial charge on any atom is 0.323 e. The lowest BCUT2D eigenvalue weighted by molar-refractivity contribution is -0.137. The molecule has 1 saturated carbocycles. The molecular formula is C9H12N4O3S. The molecule has 0 aliphatic heterocycles. The second-order valence-corrected chi connectivity index (χ2v) is 4.72. The first-order valence-corrected chi connectivity index (χ1v) is 5.97. The first-order valence-electron chi connectivity index (χ1n) is 5.20. The van der Waals surface area contributed by atoms with E-state index >= 15 is 0 Å². The lowest BCUT2D eigenvalue weighted by atomic mass is 10.4. The zero-order chi connectivity index (χ0) is 12.3. The molecule has 1 fully saturated rings. The molecule has 0 atom stereocenters. The molecule has 1 heterocycles. The number of carboxylic acids is 1. The number of amides is 2. The minimum Gasteiger partial charge on any atom is -0.480 e. The molecule has 0 aromatic carbocycles. The van der Waals surface area contributed by atoms with Gasteiger partial charge in [0.25, 0.3) is 0 Å². The zero-order valence-electron chi connectivity index (χ0n) is 9.00. The maximum atomic E-state index is 11.8. The summed E-state index contributed by atoms with van der Waals surface area (Å²) in [6, 6.07) is -0.412. The van der Waals surface area contributed by atoms with E-state index < -0.39 is 12.0 Å². The van der Waals surface area contributed by atoms with E-state index in [4.69, 9.17) is 5.11 Å². The molecule has 2 rings (SSSR count). The summed E-state index contributed by atoms with van der Waals surface area (Å²) >= 11 is 1.05. The van der Waals surface area contributed by atoms with Gasteiger partial charge in [-0.05, 0) is 18.8 Å². The Bertz CT molecular complexity index is 404. The van der Waals surface area contributed by atoms with Crippen molar-refractivity contribution in [3.63, 3.8) is 0 Å². The molecule has 0 unspecified atom stereocenters. The van der Waals surface area contributed by atoms with Gasteiger partial charge in [-0.3, -0.25) is 10.1 Å².